The van der Waals surface area contributed by atoms with Crippen LogP contribution in [-0.2, 0) is 14.3 Å². The largest absolute Gasteiger partial charge is 0.481 e. The van der Waals surface area contributed by atoms with Crippen LogP contribution < -0.4 is 0 Å². The van der Waals surface area contributed by atoms with Crippen LogP contribution in [-0.4, -0.2) is 74.2 Å². The summed E-state index contributed by atoms with van der Waals surface area (Å²) in [4.78, 5) is 26.7. The highest BCUT2D eigenvalue weighted by Gasteiger charge is 2.18. The summed E-state index contributed by atoms with van der Waals surface area (Å²) in [5.74, 6) is -0.991. The third kappa shape index (κ3) is 9.75. The predicted molar refractivity (Wildman–Crippen MR) is 77.7 cm³/mol. The molecule has 0 fully saturated rings. The highest BCUT2D eigenvalue weighted by molar-refractivity contribution is 5.77. The number of carbonyl (C=O) groups excluding carboxylic acids is 1. The molecule has 1 unspecified atom stereocenters. The van der Waals surface area contributed by atoms with Crippen molar-refractivity contribution in [3.63, 3.8) is 0 Å². The van der Waals surface area contributed by atoms with Gasteiger partial charge in [0, 0.05) is 33.0 Å². The van der Waals surface area contributed by atoms with Gasteiger partial charge in [-0.25, -0.2) is 0 Å². The molecule has 0 aliphatic heterocycles. The molecule has 6 nitrogen and oxygen atoms in total. The molecule has 20 heavy (non-hydrogen) atoms. The number of rotatable bonds is 11. The molecule has 0 aliphatic rings. The lowest BCUT2D eigenvalue weighted by Crippen LogP contribution is -2.36. The van der Waals surface area contributed by atoms with Gasteiger partial charge in [-0.3, -0.25) is 9.59 Å². The Morgan fingerprint density at radius 1 is 1.15 bits per heavy atom. The normalized spacial score (nSPS) is 12.4. The minimum atomic E-state index is -0.860. The van der Waals surface area contributed by atoms with E-state index in [1.807, 2.05) is 14.1 Å². The van der Waals surface area contributed by atoms with E-state index >= 15 is 0 Å². The van der Waals surface area contributed by atoms with Gasteiger partial charge in [-0.05, 0) is 33.0 Å². The summed E-state index contributed by atoms with van der Waals surface area (Å²) >= 11 is 0. The fourth-order valence-electron chi connectivity index (χ4n) is 1.94. The van der Waals surface area contributed by atoms with Gasteiger partial charge in [0.05, 0.1) is 6.61 Å². The van der Waals surface area contributed by atoms with Gasteiger partial charge in [-0.2, -0.15) is 0 Å². The average molecular weight is 288 g/mol. The quantitative estimate of drug-likeness (QED) is 0.612. The monoisotopic (exact) mass is 288 g/mol. The number of ether oxygens (including phenoxy) is 1. The van der Waals surface area contributed by atoms with E-state index in [0.717, 1.165) is 13.0 Å². The number of methoxy groups -OCH3 is 1. The first kappa shape index (κ1) is 18.9. The summed E-state index contributed by atoms with van der Waals surface area (Å²) in [6, 6.07) is 0. The maximum atomic E-state index is 12.2. The molecule has 0 saturated heterocycles. The van der Waals surface area contributed by atoms with Gasteiger partial charge in [0.25, 0.3) is 0 Å². The summed E-state index contributed by atoms with van der Waals surface area (Å²) in [6.45, 7) is 4.45. The van der Waals surface area contributed by atoms with Crippen molar-refractivity contribution in [1.82, 2.24) is 9.80 Å². The standard InChI is InChI=1S/C14H28N2O4/c1-12(11-14(18)19)10-13(17)16(8-9-20-4)7-5-6-15(2)3/h12H,5-11H2,1-4H3,(H,18,19). The second-order valence-corrected chi connectivity index (χ2v) is 5.44. The number of carbonyl (C=O) groups is 2. The highest BCUT2D eigenvalue weighted by atomic mass is 16.5. The smallest absolute Gasteiger partial charge is 0.303 e. The first-order valence-electron chi connectivity index (χ1n) is 7.00. The number of nitrogens with zero attached hydrogens (tertiary/aromatic N) is 2. The van der Waals surface area contributed by atoms with Crippen molar-refractivity contribution in [3.8, 4) is 0 Å². The van der Waals surface area contributed by atoms with E-state index in [1.165, 1.54) is 0 Å². The number of carboxylic acids is 1. The van der Waals surface area contributed by atoms with E-state index < -0.39 is 5.97 Å². The van der Waals surface area contributed by atoms with Gasteiger partial charge in [0.15, 0.2) is 0 Å². The molecule has 1 amide bonds. The Bertz CT molecular complexity index is 295. The van der Waals surface area contributed by atoms with E-state index in [4.69, 9.17) is 9.84 Å². The summed E-state index contributed by atoms with van der Waals surface area (Å²) in [7, 11) is 5.60. The van der Waals surface area contributed by atoms with Crippen molar-refractivity contribution in [2.24, 2.45) is 5.92 Å². The van der Waals surface area contributed by atoms with Crippen LogP contribution in [0.2, 0.25) is 0 Å². The first-order valence-corrected chi connectivity index (χ1v) is 7.00. The van der Waals surface area contributed by atoms with Crippen molar-refractivity contribution >= 4 is 11.9 Å². The van der Waals surface area contributed by atoms with Gasteiger partial charge in [0.1, 0.15) is 0 Å². The summed E-state index contributed by atoms with van der Waals surface area (Å²) in [5.41, 5.74) is 0. The maximum Gasteiger partial charge on any atom is 0.303 e. The number of aliphatic carboxylic acids is 1. The summed E-state index contributed by atoms with van der Waals surface area (Å²) in [6.07, 6.45) is 1.20. The Morgan fingerprint density at radius 3 is 2.30 bits per heavy atom. The summed E-state index contributed by atoms with van der Waals surface area (Å²) in [5, 5.41) is 8.73. The SMILES string of the molecule is COCCN(CCCN(C)C)C(=O)CC(C)CC(=O)O. The van der Waals surface area contributed by atoms with Crippen molar-refractivity contribution in [2.45, 2.75) is 26.2 Å². The molecule has 0 aromatic heterocycles. The number of amides is 1. The number of hydrogen-bond donors (Lipinski definition) is 1. The summed E-state index contributed by atoms with van der Waals surface area (Å²) < 4.78 is 5.02. The lowest BCUT2D eigenvalue weighted by atomic mass is 10.0. The van der Waals surface area contributed by atoms with Gasteiger partial charge < -0.3 is 19.6 Å². The van der Waals surface area contributed by atoms with E-state index in [0.29, 0.717) is 19.7 Å². The van der Waals surface area contributed by atoms with E-state index in [2.05, 4.69) is 4.90 Å². The van der Waals surface area contributed by atoms with E-state index in [9.17, 15) is 9.59 Å². The fraction of sp³-hybridized carbons (Fsp3) is 0.857. The molecular weight excluding hydrogens is 260 g/mol. The zero-order valence-corrected chi connectivity index (χ0v) is 13.1. The lowest BCUT2D eigenvalue weighted by molar-refractivity contribution is -0.138. The molecule has 0 aliphatic carbocycles. The van der Waals surface area contributed by atoms with Crippen LogP contribution in [0, 0.1) is 5.92 Å². The Hall–Kier alpha value is -1.14. The van der Waals surface area contributed by atoms with Crippen molar-refractivity contribution in [2.75, 3.05) is 47.4 Å². The highest BCUT2D eigenvalue weighted by Crippen LogP contribution is 2.10. The van der Waals surface area contributed by atoms with Gasteiger partial charge >= 0.3 is 5.97 Å². The van der Waals surface area contributed by atoms with E-state index in [1.54, 1.807) is 18.9 Å². The molecule has 0 aromatic carbocycles. The van der Waals surface area contributed by atoms with Crippen LogP contribution in [0.5, 0.6) is 0 Å². The van der Waals surface area contributed by atoms with Gasteiger partial charge in [0.2, 0.25) is 5.91 Å². The zero-order chi connectivity index (χ0) is 15.5. The molecule has 0 aromatic rings. The van der Waals surface area contributed by atoms with Crippen molar-refractivity contribution in [3.05, 3.63) is 0 Å². The van der Waals surface area contributed by atoms with Crippen molar-refractivity contribution in [1.29, 1.82) is 0 Å². The van der Waals surface area contributed by atoms with Crippen molar-refractivity contribution < 1.29 is 19.4 Å². The fourth-order valence-corrected chi connectivity index (χ4v) is 1.94. The Kier molecular flexibility index (Phi) is 10.0. The Morgan fingerprint density at radius 2 is 1.80 bits per heavy atom. The Labute approximate surface area is 121 Å². The topological polar surface area (TPSA) is 70.1 Å². The van der Waals surface area contributed by atoms with Gasteiger partial charge in [-0.15, -0.1) is 0 Å². The molecule has 1 atom stereocenters. The third-order valence-corrected chi connectivity index (χ3v) is 3.00. The first-order chi connectivity index (χ1) is 9.36. The molecule has 0 saturated carbocycles. The Balaban J connectivity index is 4.28. The minimum absolute atomic E-state index is 0.00885. The zero-order valence-electron chi connectivity index (χ0n) is 13.1. The predicted octanol–water partition coefficient (Wildman–Crippen LogP) is 0.914. The molecule has 118 valence electrons. The van der Waals surface area contributed by atoms with Crippen LogP contribution in [0.4, 0.5) is 0 Å². The molecular formula is C14H28N2O4. The second kappa shape index (κ2) is 10.6. The molecule has 0 spiro atoms. The molecule has 6 heteroatoms. The van der Waals surface area contributed by atoms with Crippen LogP contribution in [0.1, 0.15) is 26.2 Å². The van der Waals surface area contributed by atoms with Gasteiger partial charge in [-0.1, -0.05) is 6.92 Å². The number of hydrogen-bond acceptors (Lipinski definition) is 4. The number of carboxylic acid groups (broad SMARTS) is 1. The third-order valence-electron chi connectivity index (χ3n) is 3.00. The lowest BCUT2D eigenvalue weighted by Gasteiger charge is -2.24. The van der Waals surface area contributed by atoms with Crippen LogP contribution in [0.25, 0.3) is 0 Å². The minimum Gasteiger partial charge on any atom is -0.481 e. The van der Waals surface area contributed by atoms with Crippen LogP contribution in [0.15, 0.2) is 0 Å². The molecule has 0 radical (unpaired) electrons. The maximum absolute atomic E-state index is 12.2. The molecule has 0 bridgehead atoms. The molecule has 1 N–H and O–H groups in total. The molecule has 0 heterocycles. The second-order valence-electron chi connectivity index (χ2n) is 5.44. The van der Waals surface area contributed by atoms with Crippen LogP contribution in [0.3, 0.4) is 0 Å². The van der Waals surface area contributed by atoms with Crippen LogP contribution >= 0.6 is 0 Å². The average Bonchev–Trinajstić information content (AvgIpc) is 2.31. The van der Waals surface area contributed by atoms with E-state index in [-0.39, 0.29) is 24.7 Å². The molecule has 0 rings (SSSR count).